The van der Waals surface area contributed by atoms with Crippen molar-refractivity contribution in [3.8, 4) is 0 Å². The molecule has 0 rings (SSSR count). The molecule has 0 radical (unpaired) electrons. The number of carbonyl (C=O) groups excluding carboxylic acids is 6. The Morgan fingerprint density at radius 3 is 1.26 bits per heavy atom. The van der Waals surface area contributed by atoms with Crippen LogP contribution in [0, 0.1) is 5.92 Å². The van der Waals surface area contributed by atoms with E-state index in [1.165, 1.54) is 36.4 Å². The van der Waals surface area contributed by atoms with Crippen LogP contribution in [0.2, 0.25) is 0 Å². The quantitative estimate of drug-likeness (QED) is 0.0515. The Morgan fingerprint density at radius 1 is 0.419 bits per heavy atom. The van der Waals surface area contributed by atoms with E-state index in [9.17, 15) is 19.5 Å². The van der Waals surface area contributed by atoms with Crippen LogP contribution in [0.25, 0.3) is 0 Å². The van der Waals surface area contributed by atoms with Gasteiger partial charge in [-0.15, -0.1) is 0 Å². The molecule has 0 saturated carbocycles. The van der Waals surface area contributed by atoms with Crippen molar-refractivity contribution in [3.05, 3.63) is 0 Å². The van der Waals surface area contributed by atoms with Gasteiger partial charge in [0.05, 0.1) is 0 Å². The number of aliphatic hydroxyl groups is 1. The summed E-state index contributed by atoms with van der Waals surface area (Å²) in [6.07, 6.45) is -0.635. The van der Waals surface area contributed by atoms with Gasteiger partial charge >= 0.3 is 36.6 Å². The molecule has 0 heterocycles. The van der Waals surface area contributed by atoms with E-state index in [1.807, 2.05) is 20.8 Å². The summed E-state index contributed by atoms with van der Waals surface area (Å²) in [5, 5.41) is 9.79. The zero-order chi connectivity index (χ0) is 57.8. The van der Waals surface area contributed by atoms with E-state index >= 15 is 14.4 Å². The highest BCUT2D eigenvalue weighted by atomic mass is 16.6. The first-order valence-electron chi connectivity index (χ1n) is 27.1. The van der Waals surface area contributed by atoms with Crippen LogP contribution in [0.15, 0.2) is 0 Å². The second-order valence-corrected chi connectivity index (χ2v) is 25.3. The second-order valence-electron chi connectivity index (χ2n) is 25.3. The van der Waals surface area contributed by atoms with Gasteiger partial charge in [-0.1, -0.05) is 46.5 Å². The maximum atomic E-state index is 15.3. The van der Waals surface area contributed by atoms with Crippen molar-refractivity contribution >= 4 is 36.6 Å². The lowest BCUT2D eigenvalue weighted by Crippen LogP contribution is -2.77. The molecule has 0 aliphatic carbocycles. The van der Waals surface area contributed by atoms with Gasteiger partial charge in [-0.25, -0.2) is 28.8 Å². The molecule has 0 spiro atoms. The smallest absolute Gasteiger partial charge is 0.413 e. The van der Waals surface area contributed by atoms with Crippen molar-refractivity contribution in [2.75, 3.05) is 53.4 Å². The van der Waals surface area contributed by atoms with Gasteiger partial charge in [0.25, 0.3) is 0 Å². The standard InChI is InChI=1S/C55H106N6O13/c1-24-27-38-61(48(68)74-54(19,20)21)55(57(23)44(64)70-50(7,8)9,60(36-26-3)47(67)73-53(16,17)18)41(33-30-28-29-31-39-62)40-58(45(65)71-51(10,11)12)37-32-34-42(56(22)43(63)69-49(4,5)6)59(35-25-2)46(66)72-52(13,14)15/h41-42,62H,24-40H2,1-23H3. The minimum atomic E-state index is -2.09. The largest absolute Gasteiger partial charge is 0.444 e. The average molecular weight is 1060 g/mol. The van der Waals surface area contributed by atoms with Crippen LogP contribution in [-0.4, -0.2) is 170 Å². The van der Waals surface area contributed by atoms with Crippen molar-refractivity contribution < 1.29 is 62.3 Å². The SMILES string of the molecule is CCCCN(C(=O)OC(C)(C)C)C(C(CCCCCCO)CN(CCCC(N(C)C(=O)OC(C)(C)C)N(CCC)C(=O)OC(C)(C)C)C(=O)OC(C)(C)C)(N(C)C(=O)OC(C)(C)C)N(CCC)C(=O)OC(C)(C)C. The molecule has 74 heavy (non-hydrogen) atoms. The molecule has 3 atom stereocenters. The lowest BCUT2D eigenvalue weighted by molar-refractivity contribution is -0.177. The molecule has 6 amide bonds. The Bertz CT molecular complexity index is 1740. The molecule has 0 aromatic heterocycles. The Hall–Kier alpha value is -4.42. The number of hydrogen-bond donors (Lipinski definition) is 1. The third-order valence-electron chi connectivity index (χ3n) is 10.9. The number of aliphatic hydroxyl groups excluding tert-OH is 1. The van der Waals surface area contributed by atoms with Gasteiger partial charge in [-0.2, -0.15) is 0 Å². The molecule has 0 aromatic rings. The maximum Gasteiger partial charge on any atom is 0.413 e. The number of ether oxygens (including phenoxy) is 6. The van der Waals surface area contributed by atoms with Crippen LogP contribution < -0.4 is 0 Å². The summed E-state index contributed by atoms with van der Waals surface area (Å²) in [6.45, 7) is 37.1. The molecule has 0 saturated heterocycles. The highest BCUT2D eigenvalue weighted by Crippen LogP contribution is 2.41. The molecule has 19 heteroatoms. The van der Waals surface area contributed by atoms with Gasteiger partial charge in [0, 0.05) is 59.3 Å². The minimum Gasteiger partial charge on any atom is -0.444 e. The molecule has 0 fully saturated rings. The third-order valence-corrected chi connectivity index (χ3v) is 10.9. The highest BCUT2D eigenvalue weighted by molar-refractivity contribution is 5.77. The number of hydrogen-bond acceptors (Lipinski definition) is 13. The van der Waals surface area contributed by atoms with Gasteiger partial charge in [-0.05, 0) is 170 Å². The van der Waals surface area contributed by atoms with Crippen molar-refractivity contribution in [2.24, 2.45) is 5.92 Å². The highest BCUT2D eigenvalue weighted by Gasteiger charge is 2.59. The van der Waals surface area contributed by atoms with Gasteiger partial charge < -0.3 is 38.4 Å². The van der Waals surface area contributed by atoms with Crippen LogP contribution in [0.1, 0.15) is 216 Å². The van der Waals surface area contributed by atoms with Gasteiger partial charge in [0.1, 0.15) is 39.8 Å². The number of carbonyl (C=O) groups is 6. The van der Waals surface area contributed by atoms with E-state index in [2.05, 4.69) is 0 Å². The molecule has 434 valence electrons. The molecule has 0 aromatic carbocycles. The Labute approximate surface area is 447 Å². The normalized spacial score (nSPS) is 14.1. The molecule has 0 bridgehead atoms. The average Bonchev–Trinajstić information content (AvgIpc) is 3.20. The van der Waals surface area contributed by atoms with Crippen LogP contribution in [-0.2, 0) is 28.4 Å². The number of unbranched alkanes of at least 4 members (excludes halogenated alkanes) is 4. The predicted octanol–water partition coefficient (Wildman–Crippen LogP) is 12.6. The Balaban J connectivity index is 9.01. The van der Waals surface area contributed by atoms with Crippen LogP contribution in [0.5, 0.6) is 0 Å². The fourth-order valence-electron chi connectivity index (χ4n) is 8.16. The van der Waals surface area contributed by atoms with Crippen molar-refractivity contribution in [3.63, 3.8) is 0 Å². The fraction of sp³-hybridized carbons (Fsp3) is 0.891. The summed E-state index contributed by atoms with van der Waals surface area (Å²) in [4.78, 5) is 97.0. The Kier molecular flexibility index (Phi) is 28.0. The Morgan fingerprint density at radius 2 is 0.824 bits per heavy atom. The summed E-state index contributed by atoms with van der Waals surface area (Å²) in [6, 6.07) is 0. The molecule has 0 aliphatic rings. The van der Waals surface area contributed by atoms with Crippen molar-refractivity contribution in [1.82, 2.24) is 29.4 Å². The molecular weight excluding hydrogens is 953 g/mol. The van der Waals surface area contributed by atoms with E-state index in [1.54, 1.807) is 132 Å². The lowest BCUT2D eigenvalue weighted by atomic mass is 9.88. The zero-order valence-corrected chi connectivity index (χ0v) is 50.7. The number of nitrogens with zero attached hydrogens (tertiary/aromatic N) is 6. The first kappa shape index (κ1) is 69.6. The van der Waals surface area contributed by atoms with E-state index in [4.69, 9.17) is 28.4 Å². The van der Waals surface area contributed by atoms with Gasteiger partial charge in [0.15, 0.2) is 0 Å². The van der Waals surface area contributed by atoms with Gasteiger partial charge in [0.2, 0.25) is 5.79 Å². The first-order chi connectivity index (χ1) is 33.6. The number of rotatable bonds is 25. The van der Waals surface area contributed by atoms with E-state index < -0.39 is 88.0 Å². The third kappa shape index (κ3) is 25.4. The minimum absolute atomic E-state index is 0.00558. The summed E-state index contributed by atoms with van der Waals surface area (Å²) in [5.74, 6) is -3.09. The summed E-state index contributed by atoms with van der Waals surface area (Å²) in [7, 11) is 3.06. The van der Waals surface area contributed by atoms with E-state index in [-0.39, 0.29) is 58.6 Å². The van der Waals surface area contributed by atoms with E-state index in [0.717, 1.165) is 0 Å². The monoisotopic (exact) mass is 1060 g/mol. The van der Waals surface area contributed by atoms with Gasteiger partial charge in [-0.3, -0.25) is 24.5 Å². The second kappa shape index (κ2) is 29.8. The molecule has 1 N–H and O–H groups in total. The van der Waals surface area contributed by atoms with Crippen molar-refractivity contribution in [2.45, 2.75) is 262 Å². The zero-order valence-electron chi connectivity index (χ0n) is 50.7. The summed E-state index contributed by atoms with van der Waals surface area (Å²) >= 11 is 0. The summed E-state index contributed by atoms with van der Waals surface area (Å²) in [5.41, 5.74) is -5.79. The maximum absolute atomic E-state index is 15.3. The van der Waals surface area contributed by atoms with Crippen LogP contribution >= 0.6 is 0 Å². The van der Waals surface area contributed by atoms with E-state index in [0.29, 0.717) is 51.4 Å². The van der Waals surface area contributed by atoms with Crippen LogP contribution in [0.4, 0.5) is 28.8 Å². The fourth-order valence-corrected chi connectivity index (χ4v) is 8.16. The molecule has 19 nitrogen and oxygen atoms in total. The first-order valence-corrected chi connectivity index (χ1v) is 27.1. The summed E-state index contributed by atoms with van der Waals surface area (Å²) < 4.78 is 36.4. The number of amides is 6. The van der Waals surface area contributed by atoms with Crippen LogP contribution in [0.3, 0.4) is 0 Å². The lowest BCUT2D eigenvalue weighted by Gasteiger charge is -2.58. The van der Waals surface area contributed by atoms with Crippen molar-refractivity contribution in [1.29, 1.82) is 0 Å². The topological polar surface area (TPSA) is 197 Å². The molecule has 3 unspecified atom stereocenters. The predicted molar refractivity (Wildman–Crippen MR) is 290 cm³/mol. The molecule has 0 aliphatic heterocycles. The molecular formula is C55H106N6O13.